The van der Waals surface area contributed by atoms with E-state index < -0.39 is 17.8 Å². The minimum atomic E-state index is -1.22. The molecule has 5 heteroatoms. The summed E-state index contributed by atoms with van der Waals surface area (Å²) in [5, 5.41) is 14.3. The number of rotatable bonds is 8. The van der Waals surface area contributed by atoms with Crippen molar-refractivity contribution < 1.29 is 19.4 Å². The van der Waals surface area contributed by atoms with E-state index in [0.717, 1.165) is 11.1 Å². The maximum absolute atomic E-state index is 12.5. The molecule has 0 saturated carbocycles. The van der Waals surface area contributed by atoms with Crippen LogP contribution in [0, 0.1) is 18.8 Å². The van der Waals surface area contributed by atoms with E-state index in [4.69, 9.17) is 4.74 Å². The van der Waals surface area contributed by atoms with Gasteiger partial charge in [0.1, 0.15) is 5.75 Å². The van der Waals surface area contributed by atoms with Crippen molar-refractivity contribution in [1.82, 2.24) is 0 Å². The van der Waals surface area contributed by atoms with Crippen LogP contribution in [-0.2, 0) is 16.0 Å². The van der Waals surface area contributed by atoms with Crippen LogP contribution in [0.1, 0.15) is 25.0 Å². The van der Waals surface area contributed by atoms with E-state index in [1.165, 1.54) is 0 Å². The van der Waals surface area contributed by atoms with Crippen LogP contribution in [0.2, 0.25) is 0 Å². The molecule has 0 saturated heterocycles. The molecule has 0 fully saturated rings. The van der Waals surface area contributed by atoms with Crippen LogP contribution in [0.4, 0.5) is 5.69 Å². The number of benzene rings is 2. The Kier molecular flexibility index (Phi) is 6.78. The number of carboxylic acids is 1. The number of anilines is 1. The van der Waals surface area contributed by atoms with E-state index in [1.54, 1.807) is 31.2 Å². The number of carboxylic acid groups (broad SMARTS) is 1. The highest BCUT2D eigenvalue weighted by molar-refractivity contribution is 5.94. The second kappa shape index (κ2) is 9.04. The van der Waals surface area contributed by atoms with Gasteiger partial charge in [0.05, 0.1) is 6.61 Å². The second-order valence-corrected chi connectivity index (χ2v) is 6.35. The van der Waals surface area contributed by atoms with Gasteiger partial charge in [-0.1, -0.05) is 36.8 Å². The van der Waals surface area contributed by atoms with Gasteiger partial charge in [0.15, 0.2) is 0 Å². The summed E-state index contributed by atoms with van der Waals surface area (Å²) in [6.07, 6.45) is 0.250. The van der Waals surface area contributed by atoms with Gasteiger partial charge in [-0.2, -0.15) is 0 Å². The van der Waals surface area contributed by atoms with E-state index in [9.17, 15) is 14.7 Å². The van der Waals surface area contributed by atoms with Crippen LogP contribution < -0.4 is 15.2 Å². The number of carbonyl (C=O) groups excluding carboxylic acids is 2. The Balaban J connectivity index is 2.04. The van der Waals surface area contributed by atoms with Crippen molar-refractivity contribution in [3.8, 4) is 5.75 Å². The molecule has 0 unspecified atom stereocenters. The van der Waals surface area contributed by atoms with Crippen LogP contribution in [0.15, 0.2) is 48.5 Å². The Morgan fingerprint density at radius 3 is 2.23 bits per heavy atom. The highest BCUT2D eigenvalue weighted by atomic mass is 16.5. The van der Waals surface area contributed by atoms with Crippen molar-refractivity contribution in [1.29, 1.82) is 0 Å². The average molecular weight is 354 g/mol. The zero-order valence-electron chi connectivity index (χ0n) is 15.3. The first-order chi connectivity index (χ1) is 12.4. The SMILES string of the molecule is CCOc1ccc(NC(=O)[C@@H](C)[C@H](Cc2ccc(C)cc2)C(=O)[O-])cc1. The van der Waals surface area contributed by atoms with Crippen molar-refractivity contribution in [2.75, 3.05) is 11.9 Å². The van der Waals surface area contributed by atoms with Gasteiger partial charge in [-0.05, 0) is 50.1 Å². The highest BCUT2D eigenvalue weighted by Crippen LogP contribution is 2.21. The number of ether oxygens (including phenoxy) is 1. The summed E-state index contributed by atoms with van der Waals surface area (Å²) < 4.78 is 5.36. The highest BCUT2D eigenvalue weighted by Gasteiger charge is 2.25. The molecule has 1 amide bonds. The molecule has 0 spiro atoms. The molecule has 2 rings (SSSR count). The van der Waals surface area contributed by atoms with Crippen molar-refractivity contribution >= 4 is 17.6 Å². The molecule has 5 nitrogen and oxygen atoms in total. The van der Waals surface area contributed by atoms with Gasteiger partial charge < -0.3 is 20.0 Å². The Hall–Kier alpha value is -2.82. The zero-order valence-corrected chi connectivity index (χ0v) is 15.3. The molecule has 0 heterocycles. The van der Waals surface area contributed by atoms with Crippen molar-refractivity contribution in [2.45, 2.75) is 27.2 Å². The smallest absolute Gasteiger partial charge is 0.227 e. The lowest BCUT2D eigenvalue weighted by Gasteiger charge is -2.24. The maximum atomic E-state index is 12.5. The summed E-state index contributed by atoms with van der Waals surface area (Å²) >= 11 is 0. The van der Waals surface area contributed by atoms with Crippen molar-refractivity contribution in [2.24, 2.45) is 11.8 Å². The van der Waals surface area contributed by atoms with Crippen molar-refractivity contribution in [3.63, 3.8) is 0 Å². The first kappa shape index (κ1) is 19.5. The fourth-order valence-electron chi connectivity index (χ4n) is 2.68. The number of nitrogens with one attached hydrogen (secondary N) is 1. The van der Waals surface area contributed by atoms with E-state index >= 15 is 0 Å². The minimum absolute atomic E-state index is 0.250. The third-order valence-corrected chi connectivity index (χ3v) is 4.33. The number of carbonyl (C=O) groups is 2. The van der Waals surface area contributed by atoms with Gasteiger partial charge >= 0.3 is 0 Å². The van der Waals surface area contributed by atoms with Gasteiger partial charge in [0.25, 0.3) is 0 Å². The summed E-state index contributed by atoms with van der Waals surface area (Å²) in [7, 11) is 0. The molecule has 0 aliphatic heterocycles. The molecule has 0 bridgehead atoms. The Bertz CT molecular complexity index is 738. The number of aliphatic carboxylic acids is 1. The van der Waals surface area contributed by atoms with Crippen LogP contribution in [-0.4, -0.2) is 18.5 Å². The quantitative estimate of drug-likeness (QED) is 0.790. The predicted octanol–water partition coefficient (Wildman–Crippen LogP) is 2.58. The molecule has 2 aromatic carbocycles. The first-order valence-electron chi connectivity index (χ1n) is 8.70. The van der Waals surface area contributed by atoms with E-state index in [-0.39, 0.29) is 12.3 Å². The lowest BCUT2D eigenvalue weighted by atomic mass is 9.87. The van der Waals surface area contributed by atoms with Gasteiger partial charge in [-0.3, -0.25) is 4.79 Å². The lowest BCUT2D eigenvalue weighted by Crippen LogP contribution is -2.40. The van der Waals surface area contributed by atoms with Crippen LogP contribution in [0.25, 0.3) is 0 Å². The summed E-state index contributed by atoms with van der Waals surface area (Å²) in [4.78, 5) is 24.1. The maximum Gasteiger partial charge on any atom is 0.227 e. The molecule has 0 radical (unpaired) electrons. The van der Waals surface area contributed by atoms with Gasteiger partial charge in [-0.25, -0.2) is 0 Å². The zero-order chi connectivity index (χ0) is 19.1. The molecule has 1 N–H and O–H groups in total. The fourth-order valence-corrected chi connectivity index (χ4v) is 2.68. The largest absolute Gasteiger partial charge is 0.550 e. The standard InChI is InChI=1S/C21H25NO4/c1-4-26-18-11-9-17(10-12-18)22-20(23)15(3)19(21(24)25)13-16-7-5-14(2)6-8-16/h5-12,15,19H,4,13H2,1-3H3,(H,22,23)(H,24,25)/p-1/t15-,19-/m0/s1. The molecular weight excluding hydrogens is 330 g/mol. The number of amides is 1. The molecule has 138 valence electrons. The van der Waals surface area contributed by atoms with E-state index in [2.05, 4.69) is 5.32 Å². The Morgan fingerprint density at radius 2 is 1.69 bits per heavy atom. The fraction of sp³-hybridized carbons (Fsp3) is 0.333. The topological polar surface area (TPSA) is 78.5 Å². The molecule has 0 aliphatic rings. The van der Waals surface area contributed by atoms with Gasteiger partial charge in [-0.15, -0.1) is 0 Å². The van der Waals surface area contributed by atoms with E-state index in [1.807, 2.05) is 38.1 Å². The van der Waals surface area contributed by atoms with Crippen LogP contribution >= 0.6 is 0 Å². The molecule has 0 aliphatic carbocycles. The molecule has 2 atom stereocenters. The van der Waals surface area contributed by atoms with Gasteiger partial charge in [0.2, 0.25) is 5.91 Å². The van der Waals surface area contributed by atoms with Crippen LogP contribution in [0.5, 0.6) is 5.75 Å². The third kappa shape index (κ3) is 5.34. The third-order valence-electron chi connectivity index (χ3n) is 4.33. The predicted molar refractivity (Wildman–Crippen MR) is 98.8 cm³/mol. The first-order valence-corrected chi connectivity index (χ1v) is 8.70. The average Bonchev–Trinajstić information content (AvgIpc) is 2.62. The van der Waals surface area contributed by atoms with Crippen molar-refractivity contribution in [3.05, 3.63) is 59.7 Å². The summed E-state index contributed by atoms with van der Waals surface area (Å²) in [6.45, 7) is 6.03. The Labute approximate surface area is 154 Å². The number of aryl methyl sites for hydroxylation is 1. The second-order valence-electron chi connectivity index (χ2n) is 6.35. The summed E-state index contributed by atoms with van der Waals surface area (Å²) in [6, 6.07) is 14.6. The molecule has 26 heavy (non-hydrogen) atoms. The summed E-state index contributed by atoms with van der Waals surface area (Å²) in [5.41, 5.74) is 2.56. The lowest BCUT2D eigenvalue weighted by molar-refractivity contribution is -0.312. The van der Waals surface area contributed by atoms with Crippen LogP contribution in [0.3, 0.4) is 0 Å². The number of hydrogen-bond acceptors (Lipinski definition) is 4. The molecular formula is C21H24NO4-. The molecule has 0 aromatic heterocycles. The van der Waals surface area contributed by atoms with Gasteiger partial charge in [0, 0.05) is 23.5 Å². The molecule has 2 aromatic rings. The monoisotopic (exact) mass is 354 g/mol. The normalized spacial score (nSPS) is 12.9. The summed E-state index contributed by atoms with van der Waals surface area (Å²) in [5.74, 6) is -2.49. The number of hydrogen-bond donors (Lipinski definition) is 1. The van der Waals surface area contributed by atoms with E-state index in [0.29, 0.717) is 18.0 Å². The minimum Gasteiger partial charge on any atom is -0.550 e. The Morgan fingerprint density at radius 1 is 1.08 bits per heavy atom.